The van der Waals surface area contributed by atoms with Crippen LogP contribution in [-0.4, -0.2) is 23.9 Å². The van der Waals surface area contributed by atoms with Gasteiger partial charge in [-0.05, 0) is 42.5 Å². The van der Waals surface area contributed by atoms with Gasteiger partial charge in [-0.15, -0.1) is 0 Å². The number of allylic oxidation sites excluding steroid dienone is 2. The summed E-state index contributed by atoms with van der Waals surface area (Å²) in [7, 11) is 1.56. The van der Waals surface area contributed by atoms with E-state index in [9.17, 15) is 14.9 Å². The molecule has 1 aliphatic rings. The van der Waals surface area contributed by atoms with Crippen LogP contribution in [-0.2, 0) is 9.53 Å². The second-order valence-corrected chi connectivity index (χ2v) is 5.26. The highest BCUT2D eigenvalue weighted by molar-refractivity contribution is 6.11. The topological polar surface area (TPSA) is 91.0 Å². The average Bonchev–Trinajstić information content (AvgIpc) is 3.03. The molecule has 0 N–H and O–H groups in total. The fraction of sp³-hybridized carbons (Fsp3) is 0.0526. The number of para-hydroxylation sites is 1. The molecule has 7 heteroatoms. The molecule has 1 heterocycles. The summed E-state index contributed by atoms with van der Waals surface area (Å²) in [5, 5.41) is 11.0. The fourth-order valence-corrected chi connectivity index (χ4v) is 2.32. The van der Waals surface area contributed by atoms with Crippen LogP contribution in [0.4, 0.5) is 5.69 Å². The predicted octanol–water partition coefficient (Wildman–Crippen LogP) is 3.50. The van der Waals surface area contributed by atoms with Crippen LogP contribution in [0.25, 0.3) is 6.08 Å². The molecular formula is C19H14N2O5. The van der Waals surface area contributed by atoms with E-state index >= 15 is 0 Å². The van der Waals surface area contributed by atoms with Crippen LogP contribution in [0.5, 0.6) is 5.75 Å². The van der Waals surface area contributed by atoms with Crippen molar-refractivity contribution >= 4 is 23.6 Å². The van der Waals surface area contributed by atoms with Gasteiger partial charge in [0.05, 0.1) is 17.6 Å². The zero-order valence-electron chi connectivity index (χ0n) is 13.8. The molecule has 3 rings (SSSR count). The van der Waals surface area contributed by atoms with Crippen molar-refractivity contribution in [2.24, 2.45) is 4.99 Å². The Morgan fingerprint density at radius 2 is 1.88 bits per heavy atom. The fourth-order valence-electron chi connectivity index (χ4n) is 2.32. The normalized spacial score (nSPS) is 15.2. The standard InChI is InChI=1S/C19H14N2O5/c1-25-15-11-9-14(10-12-15)18-20-16(19(22)26-18)7-4-6-13-5-2-3-8-17(13)21(23)24/h2-12H,1H3/b6-4+,16-7-. The number of rotatable bonds is 5. The van der Waals surface area contributed by atoms with Crippen molar-refractivity contribution in [2.45, 2.75) is 0 Å². The third-order valence-electron chi connectivity index (χ3n) is 3.62. The first-order valence-electron chi connectivity index (χ1n) is 7.65. The molecule has 26 heavy (non-hydrogen) atoms. The van der Waals surface area contributed by atoms with Gasteiger partial charge in [0, 0.05) is 11.6 Å². The molecule has 130 valence electrons. The molecule has 7 nitrogen and oxygen atoms in total. The second kappa shape index (κ2) is 7.43. The molecule has 0 saturated carbocycles. The van der Waals surface area contributed by atoms with E-state index in [0.29, 0.717) is 16.9 Å². The van der Waals surface area contributed by atoms with Crippen LogP contribution in [0.3, 0.4) is 0 Å². The Morgan fingerprint density at radius 1 is 1.15 bits per heavy atom. The Hall–Kier alpha value is -3.74. The van der Waals surface area contributed by atoms with Gasteiger partial charge in [0.1, 0.15) is 5.75 Å². The summed E-state index contributed by atoms with van der Waals surface area (Å²) in [4.78, 5) is 26.6. The van der Waals surface area contributed by atoms with E-state index in [-0.39, 0.29) is 17.3 Å². The van der Waals surface area contributed by atoms with Crippen LogP contribution in [0.2, 0.25) is 0 Å². The Labute approximate surface area is 149 Å². The molecule has 0 fully saturated rings. The van der Waals surface area contributed by atoms with E-state index < -0.39 is 10.9 Å². The molecule has 2 aromatic carbocycles. The van der Waals surface area contributed by atoms with E-state index in [1.54, 1.807) is 55.7 Å². The summed E-state index contributed by atoms with van der Waals surface area (Å²) in [6, 6.07) is 13.3. The van der Waals surface area contributed by atoms with Crippen LogP contribution < -0.4 is 4.74 Å². The van der Waals surface area contributed by atoms with Crippen molar-refractivity contribution in [3.8, 4) is 5.75 Å². The van der Waals surface area contributed by atoms with Gasteiger partial charge in [-0.3, -0.25) is 10.1 Å². The summed E-state index contributed by atoms with van der Waals surface area (Å²) in [6.07, 6.45) is 4.52. The monoisotopic (exact) mass is 350 g/mol. The number of methoxy groups -OCH3 is 1. The summed E-state index contributed by atoms with van der Waals surface area (Å²) in [5.74, 6) is 0.299. The van der Waals surface area contributed by atoms with Crippen molar-refractivity contribution in [1.82, 2.24) is 0 Å². The Bertz CT molecular complexity index is 943. The van der Waals surface area contributed by atoms with E-state index in [1.807, 2.05) is 0 Å². The van der Waals surface area contributed by atoms with Gasteiger partial charge in [-0.25, -0.2) is 9.79 Å². The van der Waals surface area contributed by atoms with Crippen molar-refractivity contribution in [2.75, 3.05) is 7.11 Å². The van der Waals surface area contributed by atoms with Gasteiger partial charge >= 0.3 is 5.97 Å². The lowest BCUT2D eigenvalue weighted by molar-refractivity contribution is -0.385. The largest absolute Gasteiger partial charge is 0.497 e. The molecule has 0 spiro atoms. The molecule has 0 aliphatic carbocycles. The Kier molecular flexibility index (Phi) is 4.89. The molecule has 0 atom stereocenters. The first-order chi connectivity index (χ1) is 12.6. The molecular weight excluding hydrogens is 336 g/mol. The highest BCUT2D eigenvalue weighted by Crippen LogP contribution is 2.21. The number of carbonyl (C=O) groups excluding carboxylic acids is 1. The maximum Gasteiger partial charge on any atom is 0.363 e. The predicted molar refractivity (Wildman–Crippen MR) is 95.8 cm³/mol. The number of benzene rings is 2. The minimum Gasteiger partial charge on any atom is -0.497 e. The SMILES string of the molecule is COc1ccc(C2=N/C(=C\C=C\c3ccccc3[N+](=O)[O-])C(=O)O2)cc1. The zero-order chi connectivity index (χ0) is 18.5. The molecule has 0 radical (unpaired) electrons. The third-order valence-corrected chi connectivity index (χ3v) is 3.62. The van der Waals surface area contributed by atoms with Crippen molar-refractivity contribution in [1.29, 1.82) is 0 Å². The van der Waals surface area contributed by atoms with Crippen molar-refractivity contribution in [3.05, 3.63) is 87.6 Å². The maximum absolute atomic E-state index is 11.9. The van der Waals surface area contributed by atoms with Gasteiger partial charge in [0.25, 0.3) is 5.69 Å². The highest BCUT2D eigenvalue weighted by atomic mass is 16.6. The average molecular weight is 350 g/mol. The summed E-state index contributed by atoms with van der Waals surface area (Å²) >= 11 is 0. The summed E-state index contributed by atoms with van der Waals surface area (Å²) in [5.41, 5.74) is 1.18. The van der Waals surface area contributed by atoms with Crippen LogP contribution in [0, 0.1) is 10.1 Å². The lowest BCUT2D eigenvalue weighted by Gasteiger charge is -2.01. The minimum absolute atomic E-state index is 0.0152. The molecule has 0 saturated heterocycles. The molecule has 0 amide bonds. The van der Waals surface area contributed by atoms with Gasteiger partial charge in [0.15, 0.2) is 5.70 Å². The van der Waals surface area contributed by atoms with Crippen LogP contribution in [0.15, 0.2) is 71.4 Å². The van der Waals surface area contributed by atoms with Gasteiger partial charge < -0.3 is 9.47 Å². The van der Waals surface area contributed by atoms with Gasteiger partial charge in [0.2, 0.25) is 5.90 Å². The molecule has 1 aliphatic heterocycles. The minimum atomic E-state index is -0.581. The zero-order valence-corrected chi connectivity index (χ0v) is 13.8. The number of nitrogens with zero attached hydrogens (tertiary/aromatic N) is 2. The molecule has 0 unspecified atom stereocenters. The quantitative estimate of drug-likeness (QED) is 0.356. The van der Waals surface area contributed by atoms with Crippen LogP contribution >= 0.6 is 0 Å². The lowest BCUT2D eigenvalue weighted by Crippen LogP contribution is -2.05. The lowest BCUT2D eigenvalue weighted by atomic mass is 10.1. The highest BCUT2D eigenvalue weighted by Gasteiger charge is 2.23. The summed E-state index contributed by atoms with van der Waals surface area (Å²) in [6.45, 7) is 0. The smallest absolute Gasteiger partial charge is 0.363 e. The number of aliphatic imine (C=N–C) groups is 1. The number of hydrogen-bond donors (Lipinski definition) is 0. The van der Waals surface area contributed by atoms with E-state index in [1.165, 1.54) is 18.2 Å². The third kappa shape index (κ3) is 3.67. The number of nitro benzene ring substituents is 1. The van der Waals surface area contributed by atoms with E-state index in [4.69, 9.17) is 9.47 Å². The number of carbonyl (C=O) groups is 1. The van der Waals surface area contributed by atoms with Crippen molar-refractivity contribution < 1.29 is 19.2 Å². The van der Waals surface area contributed by atoms with Gasteiger partial charge in [-0.2, -0.15) is 0 Å². The van der Waals surface area contributed by atoms with Gasteiger partial charge in [-0.1, -0.05) is 18.2 Å². The molecule has 0 bridgehead atoms. The number of nitro groups is 1. The molecule has 0 aromatic heterocycles. The Balaban J connectivity index is 1.81. The second-order valence-electron chi connectivity index (χ2n) is 5.26. The van der Waals surface area contributed by atoms with Crippen molar-refractivity contribution in [3.63, 3.8) is 0 Å². The number of hydrogen-bond acceptors (Lipinski definition) is 6. The number of cyclic esters (lactones) is 1. The molecule has 2 aromatic rings. The summed E-state index contributed by atoms with van der Waals surface area (Å²) < 4.78 is 10.2. The first kappa shape index (κ1) is 17.1. The number of esters is 1. The van der Waals surface area contributed by atoms with E-state index in [2.05, 4.69) is 4.99 Å². The Morgan fingerprint density at radius 3 is 2.58 bits per heavy atom. The first-order valence-corrected chi connectivity index (χ1v) is 7.65. The number of ether oxygens (including phenoxy) is 2. The van der Waals surface area contributed by atoms with Crippen LogP contribution in [0.1, 0.15) is 11.1 Å². The maximum atomic E-state index is 11.9. The van der Waals surface area contributed by atoms with E-state index in [0.717, 1.165) is 0 Å².